The van der Waals surface area contributed by atoms with Gasteiger partial charge in [0.25, 0.3) is 0 Å². The van der Waals surface area contributed by atoms with Crippen LogP contribution in [-0.4, -0.2) is 24.0 Å². The molecule has 0 aromatic heterocycles. The van der Waals surface area contributed by atoms with E-state index in [1.165, 1.54) is 12.8 Å². The molecule has 0 spiro atoms. The molecule has 2 heteroatoms. The predicted molar refractivity (Wildman–Crippen MR) is 72.6 cm³/mol. The van der Waals surface area contributed by atoms with Crippen LogP contribution < -0.4 is 0 Å². The van der Waals surface area contributed by atoms with Crippen molar-refractivity contribution < 1.29 is 0 Å². The third-order valence-electron chi connectivity index (χ3n) is 4.63. The quantitative estimate of drug-likeness (QED) is 0.731. The molecule has 2 nitrogen and oxygen atoms in total. The number of nitriles is 1. The van der Waals surface area contributed by atoms with Crippen LogP contribution in [0.1, 0.15) is 53.9 Å². The molecule has 0 aromatic rings. The average molecular weight is 236 g/mol. The van der Waals surface area contributed by atoms with E-state index in [0.29, 0.717) is 12.1 Å². The molecule has 0 heterocycles. The van der Waals surface area contributed by atoms with Gasteiger partial charge in [0.05, 0.1) is 12.0 Å². The maximum atomic E-state index is 9.30. The van der Waals surface area contributed by atoms with Crippen LogP contribution in [0.3, 0.4) is 0 Å². The van der Waals surface area contributed by atoms with Gasteiger partial charge in [-0.3, -0.25) is 4.90 Å². The maximum absolute atomic E-state index is 9.30. The number of hydrogen-bond acceptors (Lipinski definition) is 2. The summed E-state index contributed by atoms with van der Waals surface area (Å²) < 4.78 is 0. The van der Waals surface area contributed by atoms with E-state index in [0.717, 1.165) is 12.3 Å². The van der Waals surface area contributed by atoms with E-state index in [1.807, 2.05) is 0 Å². The first-order valence-electron chi connectivity index (χ1n) is 6.89. The van der Waals surface area contributed by atoms with Crippen molar-refractivity contribution in [3.05, 3.63) is 0 Å². The second kappa shape index (κ2) is 5.40. The van der Waals surface area contributed by atoms with Crippen LogP contribution in [0, 0.1) is 28.6 Å². The predicted octanol–water partition coefficient (Wildman–Crippen LogP) is 3.68. The van der Waals surface area contributed by atoms with Crippen LogP contribution in [-0.2, 0) is 0 Å². The Labute approximate surface area is 107 Å². The molecular formula is C15H28N2. The monoisotopic (exact) mass is 236 g/mol. The lowest BCUT2D eigenvalue weighted by molar-refractivity contribution is 0.0486. The van der Waals surface area contributed by atoms with Gasteiger partial charge in [0.15, 0.2) is 0 Å². The fourth-order valence-corrected chi connectivity index (χ4v) is 2.85. The topological polar surface area (TPSA) is 27.0 Å². The Hall–Kier alpha value is -0.550. The lowest BCUT2D eigenvalue weighted by atomic mass is 9.77. The Kier molecular flexibility index (Phi) is 4.61. The summed E-state index contributed by atoms with van der Waals surface area (Å²) in [6.07, 6.45) is 3.46. The first-order valence-corrected chi connectivity index (χ1v) is 6.89. The Morgan fingerprint density at radius 3 is 2.35 bits per heavy atom. The summed E-state index contributed by atoms with van der Waals surface area (Å²) in [4.78, 5) is 2.45. The zero-order valence-electron chi connectivity index (χ0n) is 12.3. The molecule has 4 unspecified atom stereocenters. The van der Waals surface area contributed by atoms with Crippen LogP contribution in [0.15, 0.2) is 0 Å². The highest BCUT2D eigenvalue weighted by Gasteiger charge is 2.36. The Balaban J connectivity index is 2.78. The van der Waals surface area contributed by atoms with Gasteiger partial charge >= 0.3 is 0 Å². The van der Waals surface area contributed by atoms with Crippen molar-refractivity contribution in [2.45, 2.75) is 66.0 Å². The van der Waals surface area contributed by atoms with Crippen LogP contribution in [0.5, 0.6) is 0 Å². The molecule has 0 bridgehead atoms. The normalized spacial score (nSPS) is 32.2. The lowest BCUT2D eigenvalue weighted by Crippen LogP contribution is -2.50. The van der Waals surface area contributed by atoms with E-state index in [2.05, 4.69) is 52.6 Å². The molecule has 0 radical (unpaired) electrons. The van der Waals surface area contributed by atoms with Gasteiger partial charge in [-0.25, -0.2) is 0 Å². The van der Waals surface area contributed by atoms with Gasteiger partial charge in [-0.15, -0.1) is 0 Å². The van der Waals surface area contributed by atoms with Crippen molar-refractivity contribution in [2.24, 2.45) is 17.3 Å². The van der Waals surface area contributed by atoms with E-state index < -0.39 is 0 Å². The van der Waals surface area contributed by atoms with Crippen molar-refractivity contribution in [3.8, 4) is 6.07 Å². The highest BCUT2D eigenvalue weighted by atomic mass is 15.2. The molecule has 98 valence electrons. The van der Waals surface area contributed by atoms with Crippen molar-refractivity contribution in [2.75, 3.05) is 7.05 Å². The van der Waals surface area contributed by atoms with E-state index in [-0.39, 0.29) is 11.3 Å². The summed E-state index contributed by atoms with van der Waals surface area (Å²) in [5.41, 5.74) is 0.273. The molecular weight excluding hydrogens is 208 g/mol. The smallest absolute Gasteiger partial charge is 0.0672 e. The number of nitrogens with zero attached hydrogens (tertiary/aromatic N) is 2. The summed E-state index contributed by atoms with van der Waals surface area (Å²) >= 11 is 0. The summed E-state index contributed by atoms with van der Waals surface area (Å²) in [5.74, 6) is 0.986. The second-order valence-electron chi connectivity index (χ2n) is 6.93. The van der Waals surface area contributed by atoms with Crippen molar-refractivity contribution in [1.82, 2.24) is 4.90 Å². The maximum Gasteiger partial charge on any atom is 0.0672 e. The Morgan fingerprint density at radius 1 is 1.29 bits per heavy atom. The molecule has 0 saturated heterocycles. The molecule has 1 fully saturated rings. The highest BCUT2D eigenvalue weighted by Crippen LogP contribution is 2.35. The van der Waals surface area contributed by atoms with Gasteiger partial charge < -0.3 is 0 Å². The lowest BCUT2D eigenvalue weighted by Gasteiger charge is -2.44. The SMILES string of the molecule is CC1CCC(C#N)C(N(C)C(C)C(C)(C)C)C1. The fraction of sp³-hybridized carbons (Fsp3) is 0.933. The highest BCUT2D eigenvalue weighted by molar-refractivity contribution is 4.98. The van der Waals surface area contributed by atoms with Crippen molar-refractivity contribution in [3.63, 3.8) is 0 Å². The van der Waals surface area contributed by atoms with Gasteiger partial charge in [0, 0.05) is 12.1 Å². The summed E-state index contributed by atoms with van der Waals surface area (Å²) in [7, 11) is 2.20. The third-order valence-corrected chi connectivity index (χ3v) is 4.63. The van der Waals surface area contributed by atoms with E-state index >= 15 is 0 Å². The summed E-state index contributed by atoms with van der Waals surface area (Å²) in [6.45, 7) is 11.4. The van der Waals surface area contributed by atoms with Gasteiger partial charge in [-0.1, -0.05) is 27.7 Å². The molecule has 1 aliphatic carbocycles. The van der Waals surface area contributed by atoms with E-state index in [1.54, 1.807) is 0 Å². The Morgan fingerprint density at radius 2 is 1.88 bits per heavy atom. The standard InChI is InChI=1S/C15H28N2/c1-11-7-8-13(10-16)14(9-11)17(6)12(2)15(3,4)5/h11-14H,7-9H2,1-6H3. The fourth-order valence-electron chi connectivity index (χ4n) is 2.85. The molecule has 1 rings (SSSR count). The van der Waals surface area contributed by atoms with Gasteiger partial charge in [-0.2, -0.15) is 5.26 Å². The number of rotatable bonds is 2. The second-order valence-corrected chi connectivity index (χ2v) is 6.93. The molecule has 0 aliphatic heterocycles. The Bertz CT molecular complexity index is 284. The van der Waals surface area contributed by atoms with Crippen LogP contribution in [0.2, 0.25) is 0 Å². The first-order chi connectivity index (χ1) is 7.77. The minimum Gasteiger partial charge on any atom is -0.299 e. The molecule has 0 aromatic carbocycles. The molecule has 17 heavy (non-hydrogen) atoms. The largest absolute Gasteiger partial charge is 0.299 e. The van der Waals surface area contributed by atoms with Crippen LogP contribution in [0.4, 0.5) is 0 Å². The van der Waals surface area contributed by atoms with Crippen LogP contribution >= 0.6 is 0 Å². The average Bonchev–Trinajstić information content (AvgIpc) is 2.25. The van der Waals surface area contributed by atoms with Crippen molar-refractivity contribution >= 4 is 0 Å². The summed E-state index contributed by atoms with van der Waals surface area (Å²) in [5, 5.41) is 9.30. The van der Waals surface area contributed by atoms with Gasteiger partial charge in [0.2, 0.25) is 0 Å². The zero-order valence-corrected chi connectivity index (χ0v) is 12.3. The van der Waals surface area contributed by atoms with Gasteiger partial charge in [-0.05, 0) is 44.6 Å². The minimum absolute atomic E-state index is 0.223. The van der Waals surface area contributed by atoms with E-state index in [9.17, 15) is 5.26 Å². The third kappa shape index (κ3) is 3.45. The minimum atomic E-state index is 0.223. The van der Waals surface area contributed by atoms with Crippen LogP contribution in [0.25, 0.3) is 0 Å². The molecule has 1 aliphatic rings. The molecule has 1 saturated carbocycles. The van der Waals surface area contributed by atoms with Gasteiger partial charge in [0.1, 0.15) is 0 Å². The molecule has 0 amide bonds. The van der Waals surface area contributed by atoms with Crippen molar-refractivity contribution in [1.29, 1.82) is 5.26 Å². The first kappa shape index (κ1) is 14.5. The number of hydrogen-bond donors (Lipinski definition) is 0. The van der Waals surface area contributed by atoms with E-state index in [4.69, 9.17) is 0 Å². The zero-order chi connectivity index (χ0) is 13.2. The molecule has 4 atom stereocenters. The summed E-state index contributed by atoms with van der Waals surface area (Å²) in [6, 6.07) is 3.47. The molecule has 0 N–H and O–H groups in total.